The maximum Gasteiger partial charge on any atom is 0.239 e. The van der Waals surface area contributed by atoms with Crippen LogP contribution < -0.4 is 5.32 Å². The molecule has 0 heterocycles. The molecule has 1 N–H and O–H groups in total. The van der Waals surface area contributed by atoms with Gasteiger partial charge in [0.2, 0.25) is 5.91 Å². The number of amides is 1. The lowest BCUT2D eigenvalue weighted by atomic mass is 10.2. The van der Waals surface area contributed by atoms with Crippen LogP contribution in [0.3, 0.4) is 0 Å². The van der Waals surface area contributed by atoms with Crippen LogP contribution in [0.2, 0.25) is 0 Å². The number of nitrogens with one attached hydrogen (secondary N) is 1. The average Bonchev–Trinajstić information content (AvgIpc) is 2.38. The summed E-state index contributed by atoms with van der Waals surface area (Å²) < 4.78 is 24.8. The van der Waals surface area contributed by atoms with E-state index >= 15 is 0 Å². The van der Waals surface area contributed by atoms with Crippen molar-refractivity contribution in [2.24, 2.45) is 0 Å². The Labute approximate surface area is 132 Å². The first kappa shape index (κ1) is 15.7. The molecule has 0 fully saturated rings. The first-order valence-corrected chi connectivity index (χ1v) is 8.86. The summed E-state index contributed by atoms with van der Waals surface area (Å²) in [4.78, 5) is 11.8. The predicted molar refractivity (Wildman–Crippen MR) is 86.7 cm³/mol. The van der Waals surface area contributed by atoms with Gasteiger partial charge >= 0.3 is 0 Å². The molecule has 0 aliphatic carbocycles. The summed E-state index contributed by atoms with van der Waals surface area (Å²) in [5.41, 5.74) is 1.23. The summed E-state index contributed by atoms with van der Waals surface area (Å²) in [6, 6.07) is 15.8. The van der Waals surface area contributed by atoms with Crippen LogP contribution in [0.25, 0.3) is 0 Å². The summed E-state index contributed by atoms with van der Waals surface area (Å²) in [5, 5.41) is 2.58. The fraction of sp³-hybridized carbons (Fsp3) is 0.133. The van der Waals surface area contributed by atoms with Crippen LogP contribution in [-0.2, 0) is 20.4 Å². The maximum atomic E-state index is 12.0. The normalized spacial score (nSPS) is 11.1. The number of rotatable bonds is 5. The zero-order valence-corrected chi connectivity index (χ0v) is 13.5. The van der Waals surface area contributed by atoms with Gasteiger partial charge in [0.05, 0.1) is 5.75 Å². The number of sulfone groups is 1. The fourth-order valence-corrected chi connectivity index (χ4v) is 3.52. The third-order valence-electron chi connectivity index (χ3n) is 2.69. The fourth-order valence-electron chi connectivity index (χ4n) is 1.84. The van der Waals surface area contributed by atoms with Gasteiger partial charge in [-0.25, -0.2) is 8.42 Å². The molecule has 0 saturated carbocycles. The van der Waals surface area contributed by atoms with Crippen molar-refractivity contribution in [1.82, 2.24) is 0 Å². The van der Waals surface area contributed by atoms with Gasteiger partial charge in [-0.05, 0) is 23.8 Å². The Morgan fingerprint density at radius 2 is 1.76 bits per heavy atom. The minimum Gasteiger partial charge on any atom is -0.325 e. The van der Waals surface area contributed by atoms with E-state index in [-0.39, 0.29) is 5.75 Å². The van der Waals surface area contributed by atoms with Gasteiger partial charge in [0.15, 0.2) is 9.84 Å². The third kappa shape index (κ3) is 5.32. The van der Waals surface area contributed by atoms with Gasteiger partial charge in [0, 0.05) is 10.2 Å². The highest BCUT2D eigenvalue weighted by atomic mass is 79.9. The van der Waals surface area contributed by atoms with Crippen molar-refractivity contribution in [2.75, 3.05) is 11.1 Å². The Kier molecular flexibility index (Phi) is 5.14. The first-order valence-electron chi connectivity index (χ1n) is 6.24. The lowest BCUT2D eigenvalue weighted by molar-refractivity contribution is -0.113. The van der Waals surface area contributed by atoms with E-state index in [9.17, 15) is 13.2 Å². The molecule has 0 radical (unpaired) electrons. The molecule has 0 unspecified atom stereocenters. The lowest BCUT2D eigenvalue weighted by Crippen LogP contribution is -2.23. The van der Waals surface area contributed by atoms with Crippen LogP contribution in [0.4, 0.5) is 5.69 Å². The second kappa shape index (κ2) is 6.87. The van der Waals surface area contributed by atoms with E-state index in [1.165, 1.54) is 0 Å². The standard InChI is InChI=1S/C15H14BrNO3S/c16-13-7-4-8-14(9-13)17-15(18)11-21(19,20)10-12-5-2-1-3-6-12/h1-9H,10-11H2,(H,17,18). The zero-order valence-electron chi connectivity index (χ0n) is 11.1. The second-order valence-corrected chi connectivity index (χ2v) is 7.56. The van der Waals surface area contributed by atoms with E-state index < -0.39 is 21.5 Å². The second-order valence-electron chi connectivity index (χ2n) is 4.58. The van der Waals surface area contributed by atoms with Gasteiger partial charge in [-0.15, -0.1) is 0 Å². The van der Waals surface area contributed by atoms with Crippen molar-refractivity contribution in [2.45, 2.75) is 5.75 Å². The average molecular weight is 368 g/mol. The molecule has 21 heavy (non-hydrogen) atoms. The lowest BCUT2D eigenvalue weighted by Gasteiger charge is -2.07. The Hall–Kier alpha value is -1.66. The summed E-state index contributed by atoms with van der Waals surface area (Å²) in [5.74, 6) is -1.21. The van der Waals surface area contributed by atoms with Crippen LogP contribution >= 0.6 is 15.9 Å². The van der Waals surface area contributed by atoms with Gasteiger partial charge in [-0.3, -0.25) is 4.79 Å². The molecule has 0 aromatic heterocycles. The molecule has 0 aliphatic rings. The first-order chi connectivity index (χ1) is 9.94. The SMILES string of the molecule is O=C(CS(=O)(=O)Cc1ccccc1)Nc1cccc(Br)c1. The monoisotopic (exact) mass is 367 g/mol. The topological polar surface area (TPSA) is 63.2 Å². The number of halogens is 1. The molecule has 4 nitrogen and oxygen atoms in total. The van der Waals surface area contributed by atoms with Crippen LogP contribution in [0.15, 0.2) is 59.1 Å². The number of hydrogen-bond acceptors (Lipinski definition) is 3. The van der Waals surface area contributed by atoms with Crippen LogP contribution in [0, 0.1) is 0 Å². The Morgan fingerprint density at radius 1 is 1.05 bits per heavy atom. The third-order valence-corrected chi connectivity index (χ3v) is 4.66. The Morgan fingerprint density at radius 3 is 2.43 bits per heavy atom. The van der Waals surface area contributed by atoms with Gasteiger partial charge in [-0.1, -0.05) is 52.3 Å². The van der Waals surface area contributed by atoms with E-state index in [0.717, 1.165) is 4.47 Å². The van der Waals surface area contributed by atoms with Crippen molar-refractivity contribution >= 4 is 37.4 Å². The molecule has 0 bridgehead atoms. The molecule has 0 aliphatic heterocycles. The van der Waals surface area contributed by atoms with Crippen LogP contribution in [-0.4, -0.2) is 20.1 Å². The smallest absolute Gasteiger partial charge is 0.239 e. The molecular weight excluding hydrogens is 354 g/mol. The summed E-state index contributed by atoms with van der Waals surface area (Å²) in [6.45, 7) is 0. The van der Waals surface area contributed by atoms with E-state index in [1.807, 2.05) is 12.1 Å². The van der Waals surface area contributed by atoms with Crippen molar-refractivity contribution in [3.8, 4) is 0 Å². The molecular formula is C15H14BrNO3S. The van der Waals surface area contributed by atoms with Gasteiger partial charge < -0.3 is 5.32 Å². The summed E-state index contributed by atoms with van der Waals surface area (Å²) in [6.07, 6.45) is 0. The Balaban J connectivity index is 1.98. The van der Waals surface area contributed by atoms with E-state index in [2.05, 4.69) is 21.2 Å². The zero-order chi connectivity index (χ0) is 15.3. The molecule has 0 spiro atoms. The summed E-state index contributed by atoms with van der Waals surface area (Å²) in [7, 11) is -3.49. The molecule has 2 aromatic carbocycles. The van der Waals surface area contributed by atoms with Crippen molar-refractivity contribution in [3.05, 3.63) is 64.6 Å². The predicted octanol–water partition coefficient (Wildman–Crippen LogP) is 3.00. The minimum absolute atomic E-state index is 0.139. The molecule has 1 amide bonds. The highest BCUT2D eigenvalue weighted by Gasteiger charge is 2.17. The number of benzene rings is 2. The van der Waals surface area contributed by atoms with E-state index in [4.69, 9.17) is 0 Å². The van der Waals surface area contributed by atoms with Gasteiger partial charge in [0.1, 0.15) is 5.75 Å². The highest BCUT2D eigenvalue weighted by molar-refractivity contribution is 9.10. The highest BCUT2D eigenvalue weighted by Crippen LogP contribution is 2.16. The molecule has 0 saturated heterocycles. The van der Waals surface area contributed by atoms with Crippen molar-refractivity contribution in [1.29, 1.82) is 0 Å². The van der Waals surface area contributed by atoms with Crippen LogP contribution in [0.1, 0.15) is 5.56 Å². The Bertz CT molecular complexity index is 730. The van der Waals surface area contributed by atoms with Gasteiger partial charge in [0.25, 0.3) is 0 Å². The number of anilines is 1. The largest absolute Gasteiger partial charge is 0.325 e. The number of carbonyl (C=O) groups is 1. The van der Waals surface area contributed by atoms with E-state index in [0.29, 0.717) is 11.3 Å². The van der Waals surface area contributed by atoms with Gasteiger partial charge in [-0.2, -0.15) is 0 Å². The van der Waals surface area contributed by atoms with Crippen molar-refractivity contribution in [3.63, 3.8) is 0 Å². The minimum atomic E-state index is -3.49. The van der Waals surface area contributed by atoms with E-state index in [1.54, 1.807) is 42.5 Å². The number of carbonyl (C=O) groups excluding carboxylic acids is 1. The van der Waals surface area contributed by atoms with Crippen LogP contribution in [0.5, 0.6) is 0 Å². The summed E-state index contributed by atoms with van der Waals surface area (Å²) >= 11 is 3.29. The quantitative estimate of drug-likeness (QED) is 0.883. The maximum absolute atomic E-state index is 12.0. The van der Waals surface area contributed by atoms with Crippen molar-refractivity contribution < 1.29 is 13.2 Å². The molecule has 0 atom stereocenters. The molecule has 6 heteroatoms. The molecule has 2 rings (SSSR count). The number of hydrogen-bond donors (Lipinski definition) is 1. The molecule has 2 aromatic rings. The molecule has 110 valence electrons.